The predicted molar refractivity (Wildman–Crippen MR) is 40.4 cm³/mol. The molecule has 0 spiro atoms. The van der Waals surface area contributed by atoms with E-state index in [1.165, 1.54) is 0 Å². The van der Waals surface area contributed by atoms with Crippen LogP contribution in [0.1, 0.15) is 28.1 Å². The predicted octanol–water partition coefficient (Wildman–Crippen LogP) is 3.23. The molecular formula is C9H9F3. The molecule has 3 heteroatoms. The molecule has 0 nitrogen and oxygen atoms in total. The molecule has 0 aliphatic rings. The van der Waals surface area contributed by atoms with Gasteiger partial charge in [0.1, 0.15) is 5.82 Å². The van der Waals surface area contributed by atoms with E-state index < -0.39 is 35.5 Å². The first-order chi connectivity index (χ1) is 6.37. The van der Waals surface area contributed by atoms with Crippen molar-refractivity contribution in [3.05, 3.63) is 35.1 Å². The zero-order chi connectivity index (χ0) is 11.0. The lowest BCUT2D eigenvalue weighted by Crippen LogP contribution is -1.96. The van der Waals surface area contributed by atoms with Gasteiger partial charge in [-0.3, -0.25) is 0 Å². The molecule has 0 unspecified atom stereocenters. The van der Waals surface area contributed by atoms with Crippen molar-refractivity contribution in [2.24, 2.45) is 0 Å². The summed E-state index contributed by atoms with van der Waals surface area (Å²) in [5.74, 6) is -4.66. The Morgan fingerprint density at radius 3 is 2.08 bits per heavy atom. The van der Waals surface area contributed by atoms with Gasteiger partial charge in [-0.2, -0.15) is 0 Å². The summed E-state index contributed by atoms with van der Waals surface area (Å²) in [6, 6.07) is -1.91. The molecule has 0 atom stereocenters. The van der Waals surface area contributed by atoms with Crippen LogP contribution >= 0.6 is 0 Å². The fraction of sp³-hybridized carbons (Fsp3) is 0.333. The standard InChI is InChI=1S/C9H9F3/c1-5(2)6-3-8(11)9(12)4-7(6)10/h3-5H,1-2H3/i3D,4D. The summed E-state index contributed by atoms with van der Waals surface area (Å²) in [4.78, 5) is 0. The molecule has 1 aromatic carbocycles. The van der Waals surface area contributed by atoms with Crippen LogP contribution in [0.3, 0.4) is 0 Å². The maximum atomic E-state index is 13.2. The Morgan fingerprint density at radius 1 is 1.08 bits per heavy atom. The average molecular weight is 176 g/mol. The van der Waals surface area contributed by atoms with E-state index >= 15 is 0 Å². The van der Waals surface area contributed by atoms with E-state index in [2.05, 4.69) is 0 Å². The second-order valence-corrected chi connectivity index (χ2v) is 2.76. The monoisotopic (exact) mass is 176 g/mol. The lowest BCUT2D eigenvalue weighted by Gasteiger charge is -2.06. The molecule has 0 heterocycles. The third-order valence-electron chi connectivity index (χ3n) is 1.47. The van der Waals surface area contributed by atoms with Crippen molar-refractivity contribution in [2.75, 3.05) is 0 Å². The van der Waals surface area contributed by atoms with Crippen LogP contribution in [0.5, 0.6) is 0 Å². The molecule has 0 aromatic heterocycles. The molecule has 0 N–H and O–H groups in total. The van der Waals surface area contributed by atoms with E-state index in [0.29, 0.717) is 0 Å². The van der Waals surface area contributed by atoms with Crippen molar-refractivity contribution in [2.45, 2.75) is 19.8 Å². The molecule has 0 saturated heterocycles. The van der Waals surface area contributed by atoms with Gasteiger partial charge in [-0.15, -0.1) is 0 Å². The SMILES string of the molecule is [2H]c1c(F)c(F)c([2H])c(C(C)C)c1F. The minimum absolute atomic E-state index is 0.256. The van der Waals surface area contributed by atoms with Gasteiger partial charge < -0.3 is 0 Å². The first-order valence-corrected chi connectivity index (χ1v) is 3.51. The highest BCUT2D eigenvalue weighted by Crippen LogP contribution is 2.20. The minimum Gasteiger partial charge on any atom is -0.207 e. The third-order valence-corrected chi connectivity index (χ3v) is 1.47. The first-order valence-electron chi connectivity index (χ1n) is 4.51. The summed E-state index contributed by atoms with van der Waals surface area (Å²) >= 11 is 0. The van der Waals surface area contributed by atoms with Gasteiger partial charge in [-0.1, -0.05) is 13.8 Å². The number of benzene rings is 1. The molecule has 1 rings (SSSR count). The number of rotatable bonds is 1. The second-order valence-electron chi connectivity index (χ2n) is 2.76. The van der Waals surface area contributed by atoms with E-state index in [1.54, 1.807) is 13.8 Å². The molecule has 0 amide bonds. The fourth-order valence-electron chi connectivity index (χ4n) is 0.844. The first kappa shape index (κ1) is 6.52. The minimum atomic E-state index is -1.60. The van der Waals surface area contributed by atoms with Crippen molar-refractivity contribution < 1.29 is 15.9 Å². The highest BCUT2D eigenvalue weighted by molar-refractivity contribution is 5.22. The number of hydrogen-bond donors (Lipinski definition) is 0. The highest BCUT2D eigenvalue weighted by Gasteiger charge is 2.11. The van der Waals surface area contributed by atoms with E-state index in [-0.39, 0.29) is 5.56 Å². The summed E-state index contributed by atoms with van der Waals surface area (Å²) in [5.41, 5.74) is -0.256. The summed E-state index contributed by atoms with van der Waals surface area (Å²) in [6.45, 7) is 3.10. The molecule has 0 aliphatic heterocycles. The molecule has 0 bridgehead atoms. The Kier molecular flexibility index (Phi) is 1.72. The molecule has 0 fully saturated rings. The Morgan fingerprint density at radius 2 is 1.58 bits per heavy atom. The zero-order valence-electron chi connectivity index (χ0n) is 8.71. The van der Waals surface area contributed by atoms with Crippen molar-refractivity contribution in [3.8, 4) is 0 Å². The third kappa shape index (κ3) is 1.60. The van der Waals surface area contributed by atoms with E-state index in [0.717, 1.165) is 0 Å². The van der Waals surface area contributed by atoms with E-state index in [4.69, 9.17) is 2.74 Å². The van der Waals surface area contributed by atoms with Crippen LogP contribution in [0.15, 0.2) is 12.1 Å². The molecule has 0 saturated carbocycles. The van der Waals surface area contributed by atoms with E-state index in [9.17, 15) is 13.2 Å². The molecule has 0 radical (unpaired) electrons. The summed E-state index contributed by atoms with van der Waals surface area (Å²) in [7, 11) is 0. The second kappa shape index (κ2) is 3.17. The van der Waals surface area contributed by atoms with Crippen molar-refractivity contribution in [1.82, 2.24) is 0 Å². The Bertz CT molecular complexity index is 346. The van der Waals surface area contributed by atoms with Gasteiger partial charge in [-0.25, -0.2) is 13.2 Å². The van der Waals surface area contributed by atoms with Crippen LogP contribution in [0.2, 0.25) is 0 Å². The molecule has 66 valence electrons. The van der Waals surface area contributed by atoms with Gasteiger partial charge in [-0.05, 0) is 17.5 Å². The van der Waals surface area contributed by atoms with Crippen molar-refractivity contribution in [1.29, 1.82) is 0 Å². The summed E-state index contributed by atoms with van der Waals surface area (Å²) in [5, 5.41) is 0. The Balaban J connectivity index is 3.60. The topological polar surface area (TPSA) is 0 Å². The smallest absolute Gasteiger partial charge is 0.161 e. The van der Waals surface area contributed by atoms with Crippen molar-refractivity contribution >= 4 is 0 Å². The van der Waals surface area contributed by atoms with Gasteiger partial charge in [0.2, 0.25) is 0 Å². The molecule has 12 heavy (non-hydrogen) atoms. The summed E-state index contributed by atoms with van der Waals surface area (Å²) < 4.78 is 53.1. The van der Waals surface area contributed by atoms with Crippen LogP contribution in [0, 0.1) is 17.5 Å². The molecular weight excluding hydrogens is 165 g/mol. The maximum absolute atomic E-state index is 13.2. The normalized spacial score (nSPS) is 13.2. The lowest BCUT2D eigenvalue weighted by atomic mass is 10.0. The van der Waals surface area contributed by atoms with Crippen LogP contribution < -0.4 is 0 Å². The summed E-state index contributed by atoms with van der Waals surface area (Å²) in [6.07, 6.45) is 0. The van der Waals surface area contributed by atoms with Crippen LogP contribution in [0.4, 0.5) is 13.2 Å². The van der Waals surface area contributed by atoms with Gasteiger partial charge in [0.15, 0.2) is 11.6 Å². The maximum Gasteiger partial charge on any atom is 0.161 e. The largest absolute Gasteiger partial charge is 0.207 e. The van der Waals surface area contributed by atoms with Crippen LogP contribution in [-0.2, 0) is 0 Å². The van der Waals surface area contributed by atoms with Gasteiger partial charge >= 0.3 is 0 Å². The molecule has 1 aromatic rings. The average Bonchev–Trinajstić information content (AvgIpc) is 2.11. The number of hydrogen-bond acceptors (Lipinski definition) is 0. The van der Waals surface area contributed by atoms with Crippen molar-refractivity contribution in [3.63, 3.8) is 0 Å². The van der Waals surface area contributed by atoms with Gasteiger partial charge in [0.25, 0.3) is 0 Å². The van der Waals surface area contributed by atoms with Crippen LogP contribution in [0.25, 0.3) is 0 Å². The highest BCUT2D eigenvalue weighted by atomic mass is 19.2. The number of halogens is 3. The Labute approximate surface area is 71.8 Å². The zero-order valence-corrected chi connectivity index (χ0v) is 6.71. The van der Waals surface area contributed by atoms with Gasteiger partial charge in [0, 0.05) is 6.04 Å². The quantitative estimate of drug-likeness (QED) is 0.576. The van der Waals surface area contributed by atoms with E-state index in [1.807, 2.05) is 0 Å². The van der Waals surface area contributed by atoms with Gasteiger partial charge in [0.05, 0.1) is 2.74 Å². The fourth-order valence-corrected chi connectivity index (χ4v) is 0.844. The molecule has 0 aliphatic carbocycles. The lowest BCUT2D eigenvalue weighted by molar-refractivity contribution is 0.487. The Hall–Kier alpha value is -0.990. The van der Waals surface area contributed by atoms with Crippen LogP contribution in [-0.4, -0.2) is 0 Å².